The summed E-state index contributed by atoms with van der Waals surface area (Å²) >= 11 is 0. The van der Waals surface area contributed by atoms with E-state index in [2.05, 4.69) is 0 Å². The van der Waals surface area contributed by atoms with Gasteiger partial charge in [0.05, 0.1) is 0 Å². The Morgan fingerprint density at radius 1 is 1.43 bits per heavy atom. The van der Waals surface area contributed by atoms with Gasteiger partial charge in [-0.05, 0) is 36.7 Å². The topological polar surface area (TPSA) is 43.1 Å². The number of hydrogen-bond acceptors (Lipinski definition) is 2. The molecule has 0 atom stereocenters. The van der Waals surface area contributed by atoms with E-state index in [1.54, 1.807) is 6.92 Å². The molecule has 0 aliphatic heterocycles. The van der Waals surface area contributed by atoms with Gasteiger partial charge < -0.3 is 5.73 Å². The maximum absolute atomic E-state index is 11.0. The molecule has 2 nitrogen and oxygen atoms in total. The first-order chi connectivity index (χ1) is 6.65. The lowest BCUT2D eigenvalue weighted by Gasteiger charge is -2.07. The molecular formula is C12H15NO. The predicted octanol–water partition coefficient (Wildman–Crippen LogP) is 2.27. The Balaban J connectivity index is 3.02. The monoisotopic (exact) mass is 189 g/mol. The summed E-state index contributed by atoms with van der Waals surface area (Å²) in [5.74, 6) is 0.130. The number of hydrogen-bond donors (Lipinski definition) is 1. The number of carbonyl (C=O) groups is 1. The van der Waals surface area contributed by atoms with E-state index < -0.39 is 0 Å². The highest BCUT2D eigenvalue weighted by molar-refractivity contribution is 5.88. The molecule has 0 aliphatic rings. The van der Waals surface area contributed by atoms with Gasteiger partial charge in [-0.2, -0.15) is 0 Å². The highest BCUT2D eigenvalue weighted by atomic mass is 16.1. The van der Waals surface area contributed by atoms with Gasteiger partial charge in [-0.25, -0.2) is 0 Å². The zero-order valence-corrected chi connectivity index (χ0v) is 8.58. The summed E-state index contributed by atoms with van der Waals surface area (Å²) in [7, 11) is 0. The van der Waals surface area contributed by atoms with Crippen LogP contribution in [0.4, 0.5) is 0 Å². The first-order valence-electron chi connectivity index (χ1n) is 4.61. The van der Waals surface area contributed by atoms with Crippen molar-refractivity contribution in [1.82, 2.24) is 0 Å². The van der Waals surface area contributed by atoms with E-state index in [0.29, 0.717) is 6.42 Å². The first-order valence-corrected chi connectivity index (χ1v) is 4.61. The number of allylic oxidation sites excluding steroid dienone is 1. The Morgan fingerprint density at radius 3 is 2.57 bits per heavy atom. The van der Waals surface area contributed by atoms with E-state index in [1.165, 1.54) is 6.20 Å². The smallest absolute Gasteiger partial charge is 0.134 e. The molecule has 0 saturated carbocycles. The fourth-order valence-electron chi connectivity index (χ4n) is 1.45. The van der Waals surface area contributed by atoms with Crippen molar-refractivity contribution in [3.05, 3.63) is 41.6 Å². The molecule has 0 radical (unpaired) electrons. The van der Waals surface area contributed by atoms with Crippen molar-refractivity contribution < 1.29 is 4.79 Å². The second-order valence-electron chi connectivity index (χ2n) is 3.39. The fourth-order valence-corrected chi connectivity index (χ4v) is 1.45. The van der Waals surface area contributed by atoms with Crippen molar-refractivity contribution in [1.29, 1.82) is 0 Å². The van der Waals surface area contributed by atoms with Crippen LogP contribution in [0.1, 0.15) is 24.5 Å². The molecule has 74 valence electrons. The Hall–Kier alpha value is -1.57. The third kappa shape index (κ3) is 2.46. The zero-order chi connectivity index (χ0) is 10.6. The van der Waals surface area contributed by atoms with E-state index in [1.807, 2.05) is 31.2 Å². The molecule has 1 aromatic carbocycles. The Kier molecular flexibility index (Phi) is 3.46. The summed E-state index contributed by atoms with van der Waals surface area (Å²) in [6.45, 7) is 3.58. The SMILES string of the molecule is CC(=O)C/C(=C/N)c1ccccc1C. The van der Waals surface area contributed by atoms with Crippen LogP contribution in [0.15, 0.2) is 30.5 Å². The van der Waals surface area contributed by atoms with Crippen LogP contribution in [0, 0.1) is 6.92 Å². The van der Waals surface area contributed by atoms with Crippen LogP contribution in [0.25, 0.3) is 5.57 Å². The van der Waals surface area contributed by atoms with Gasteiger partial charge in [0.1, 0.15) is 5.78 Å². The fraction of sp³-hybridized carbons (Fsp3) is 0.250. The molecule has 0 saturated heterocycles. The molecule has 14 heavy (non-hydrogen) atoms. The minimum absolute atomic E-state index is 0.130. The largest absolute Gasteiger partial charge is 0.404 e. The molecule has 0 fully saturated rings. The average molecular weight is 189 g/mol. The standard InChI is InChI=1S/C12H15NO/c1-9-5-3-4-6-12(9)11(8-13)7-10(2)14/h3-6,8H,7,13H2,1-2H3/b11-8-. The van der Waals surface area contributed by atoms with Crippen molar-refractivity contribution in [2.45, 2.75) is 20.3 Å². The molecule has 0 aromatic heterocycles. The maximum Gasteiger partial charge on any atom is 0.134 e. The number of Topliss-reactive ketones (excluding diaryl/α,β-unsaturated/α-hetero) is 1. The Bertz CT molecular complexity index is 366. The number of ketones is 1. The van der Waals surface area contributed by atoms with Gasteiger partial charge in [0.15, 0.2) is 0 Å². The zero-order valence-electron chi connectivity index (χ0n) is 8.58. The van der Waals surface area contributed by atoms with Gasteiger partial charge >= 0.3 is 0 Å². The minimum atomic E-state index is 0.130. The number of rotatable bonds is 3. The molecule has 0 spiro atoms. The quantitative estimate of drug-likeness (QED) is 0.792. The van der Waals surface area contributed by atoms with Crippen LogP contribution < -0.4 is 5.73 Å². The number of benzene rings is 1. The highest BCUT2D eigenvalue weighted by Gasteiger charge is 2.05. The number of carbonyl (C=O) groups excluding carboxylic acids is 1. The highest BCUT2D eigenvalue weighted by Crippen LogP contribution is 2.20. The summed E-state index contributed by atoms with van der Waals surface area (Å²) in [5, 5.41) is 0. The van der Waals surface area contributed by atoms with Gasteiger partial charge in [-0.3, -0.25) is 4.79 Å². The van der Waals surface area contributed by atoms with E-state index >= 15 is 0 Å². The first kappa shape index (κ1) is 10.5. The molecule has 2 N–H and O–H groups in total. The predicted molar refractivity (Wildman–Crippen MR) is 58.6 cm³/mol. The average Bonchev–Trinajstić information content (AvgIpc) is 2.15. The lowest BCUT2D eigenvalue weighted by atomic mass is 9.98. The summed E-state index contributed by atoms with van der Waals surface area (Å²) in [5.41, 5.74) is 8.61. The van der Waals surface area contributed by atoms with Crippen molar-refractivity contribution in [3.63, 3.8) is 0 Å². The second-order valence-corrected chi connectivity index (χ2v) is 3.39. The molecule has 0 unspecified atom stereocenters. The van der Waals surface area contributed by atoms with Crippen LogP contribution >= 0.6 is 0 Å². The minimum Gasteiger partial charge on any atom is -0.404 e. The van der Waals surface area contributed by atoms with Gasteiger partial charge in [0.25, 0.3) is 0 Å². The van der Waals surface area contributed by atoms with Gasteiger partial charge in [-0.15, -0.1) is 0 Å². The van der Waals surface area contributed by atoms with Gasteiger partial charge in [0.2, 0.25) is 0 Å². The maximum atomic E-state index is 11.0. The molecule has 0 amide bonds. The summed E-state index contributed by atoms with van der Waals surface area (Å²) in [4.78, 5) is 11.0. The molecule has 0 aliphatic carbocycles. The summed E-state index contributed by atoms with van der Waals surface area (Å²) in [6.07, 6.45) is 1.92. The van der Waals surface area contributed by atoms with Crippen LogP contribution in [0.2, 0.25) is 0 Å². The molecule has 1 rings (SSSR count). The van der Waals surface area contributed by atoms with Gasteiger partial charge in [0, 0.05) is 6.42 Å². The van der Waals surface area contributed by atoms with Crippen LogP contribution in [0.5, 0.6) is 0 Å². The number of aryl methyl sites for hydroxylation is 1. The van der Waals surface area contributed by atoms with Gasteiger partial charge in [-0.1, -0.05) is 24.3 Å². The molecule has 0 bridgehead atoms. The van der Waals surface area contributed by atoms with E-state index in [0.717, 1.165) is 16.7 Å². The molecular weight excluding hydrogens is 174 g/mol. The van der Waals surface area contributed by atoms with E-state index in [9.17, 15) is 4.79 Å². The summed E-state index contributed by atoms with van der Waals surface area (Å²) < 4.78 is 0. The van der Waals surface area contributed by atoms with E-state index in [-0.39, 0.29) is 5.78 Å². The molecule has 0 heterocycles. The molecule has 1 aromatic rings. The second kappa shape index (κ2) is 4.61. The van der Waals surface area contributed by atoms with Crippen molar-refractivity contribution in [2.75, 3.05) is 0 Å². The Morgan fingerprint density at radius 2 is 2.07 bits per heavy atom. The Labute approximate surface area is 84.4 Å². The van der Waals surface area contributed by atoms with Crippen molar-refractivity contribution in [2.24, 2.45) is 5.73 Å². The normalized spacial score (nSPS) is 11.4. The number of nitrogens with two attached hydrogens (primary N) is 1. The third-order valence-electron chi connectivity index (χ3n) is 2.13. The van der Waals surface area contributed by atoms with Crippen LogP contribution in [0.3, 0.4) is 0 Å². The van der Waals surface area contributed by atoms with Crippen molar-refractivity contribution in [3.8, 4) is 0 Å². The van der Waals surface area contributed by atoms with Crippen LogP contribution in [-0.4, -0.2) is 5.78 Å². The third-order valence-corrected chi connectivity index (χ3v) is 2.13. The molecule has 2 heteroatoms. The lowest BCUT2D eigenvalue weighted by molar-refractivity contribution is -0.116. The lowest BCUT2D eigenvalue weighted by Crippen LogP contribution is -1.98. The van der Waals surface area contributed by atoms with Crippen molar-refractivity contribution >= 4 is 11.4 Å². The summed E-state index contributed by atoms with van der Waals surface area (Å²) in [6, 6.07) is 7.92. The van der Waals surface area contributed by atoms with Crippen LogP contribution in [-0.2, 0) is 4.79 Å². The van der Waals surface area contributed by atoms with E-state index in [4.69, 9.17) is 5.73 Å².